The molecule has 102 valence electrons. The fraction of sp³-hybridized carbons (Fsp3) is 0. The van der Waals surface area contributed by atoms with E-state index in [0.717, 1.165) is 0 Å². The van der Waals surface area contributed by atoms with Crippen molar-refractivity contribution < 1.29 is 14.7 Å². The molecule has 0 fully saturated rings. The third-order valence-electron chi connectivity index (χ3n) is 2.64. The van der Waals surface area contributed by atoms with Crippen molar-refractivity contribution in [2.24, 2.45) is 5.73 Å². The Balaban J connectivity index is 2.37. The van der Waals surface area contributed by atoms with Gasteiger partial charge in [0, 0.05) is 16.3 Å². The first-order chi connectivity index (χ1) is 9.47. The van der Waals surface area contributed by atoms with Gasteiger partial charge in [-0.25, -0.2) is 4.79 Å². The number of nitrogens with one attached hydrogen (secondary N) is 1. The molecule has 0 bridgehead atoms. The van der Waals surface area contributed by atoms with Crippen LogP contribution in [0.2, 0.25) is 5.02 Å². The minimum atomic E-state index is -1.10. The highest BCUT2D eigenvalue weighted by Crippen LogP contribution is 2.24. The van der Waals surface area contributed by atoms with Gasteiger partial charge in [-0.2, -0.15) is 0 Å². The molecule has 2 aromatic rings. The molecule has 0 atom stereocenters. The van der Waals surface area contributed by atoms with Gasteiger partial charge in [-0.3, -0.25) is 4.79 Å². The summed E-state index contributed by atoms with van der Waals surface area (Å²) in [6.45, 7) is 0. The Kier molecular flexibility index (Phi) is 3.91. The largest absolute Gasteiger partial charge is 0.478 e. The molecule has 0 heterocycles. The van der Waals surface area contributed by atoms with E-state index in [1.165, 1.54) is 6.07 Å². The molecule has 0 radical (unpaired) electrons. The summed E-state index contributed by atoms with van der Waals surface area (Å²) < 4.78 is 0. The van der Waals surface area contributed by atoms with E-state index in [-0.39, 0.29) is 5.56 Å². The number of benzene rings is 2. The van der Waals surface area contributed by atoms with Crippen molar-refractivity contribution >= 4 is 34.9 Å². The van der Waals surface area contributed by atoms with Crippen molar-refractivity contribution in [1.82, 2.24) is 0 Å². The highest BCUT2D eigenvalue weighted by Gasteiger charge is 2.11. The topological polar surface area (TPSA) is 92.4 Å². The van der Waals surface area contributed by atoms with E-state index in [4.69, 9.17) is 22.4 Å². The Hall–Kier alpha value is -2.53. The molecule has 2 rings (SSSR count). The summed E-state index contributed by atoms with van der Waals surface area (Å²) in [5.41, 5.74) is 6.51. The van der Waals surface area contributed by atoms with Gasteiger partial charge in [0.15, 0.2) is 0 Å². The van der Waals surface area contributed by atoms with Crippen LogP contribution in [0.1, 0.15) is 20.7 Å². The molecule has 0 spiro atoms. The summed E-state index contributed by atoms with van der Waals surface area (Å²) in [5, 5.41) is 12.4. The maximum absolute atomic E-state index is 11.2. The van der Waals surface area contributed by atoms with Crippen molar-refractivity contribution in [2.45, 2.75) is 0 Å². The second-order valence-corrected chi connectivity index (χ2v) is 4.50. The van der Waals surface area contributed by atoms with Gasteiger partial charge in [0.05, 0.1) is 11.3 Å². The van der Waals surface area contributed by atoms with Gasteiger partial charge >= 0.3 is 5.97 Å². The van der Waals surface area contributed by atoms with Gasteiger partial charge in [0.25, 0.3) is 0 Å². The lowest BCUT2D eigenvalue weighted by atomic mass is 10.1. The number of carbonyl (C=O) groups excluding carboxylic acids is 1. The molecule has 0 aromatic heterocycles. The van der Waals surface area contributed by atoms with Crippen LogP contribution in [0.25, 0.3) is 0 Å². The van der Waals surface area contributed by atoms with Gasteiger partial charge < -0.3 is 16.2 Å². The van der Waals surface area contributed by atoms with E-state index in [1.807, 2.05) is 0 Å². The van der Waals surface area contributed by atoms with E-state index >= 15 is 0 Å². The van der Waals surface area contributed by atoms with Crippen molar-refractivity contribution in [3.63, 3.8) is 0 Å². The number of halogens is 1. The normalized spacial score (nSPS) is 10.1. The molecule has 0 aliphatic rings. The minimum Gasteiger partial charge on any atom is -0.478 e. The van der Waals surface area contributed by atoms with Crippen molar-refractivity contribution in [2.75, 3.05) is 5.32 Å². The Labute approximate surface area is 120 Å². The van der Waals surface area contributed by atoms with Gasteiger partial charge in [0.2, 0.25) is 5.91 Å². The van der Waals surface area contributed by atoms with E-state index < -0.39 is 11.9 Å². The first-order valence-corrected chi connectivity index (χ1v) is 6.05. The lowest BCUT2D eigenvalue weighted by Gasteiger charge is -2.10. The number of hydrogen-bond donors (Lipinski definition) is 3. The number of primary amides is 1. The Morgan fingerprint density at radius 1 is 1.15 bits per heavy atom. The van der Waals surface area contributed by atoms with E-state index in [9.17, 15) is 9.59 Å². The molecule has 0 aliphatic carbocycles. The standard InChI is InChI=1S/C14H11ClN2O3/c15-9-4-5-12(11(7-9)14(19)20)17-10-3-1-2-8(6-10)13(16)18/h1-7,17H,(H2,16,18)(H,19,20). The Bertz CT molecular complexity index is 686. The average Bonchev–Trinajstić information content (AvgIpc) is 2.41. The first kappa shape index (κ1) is 13.9. The number of nitrogens with two attached hydrogens (primary N) is 1. The van der Waals surface area contributed by atoms with Crippen molar-refractivity contribution in [3.05, 3.63) is 58.6 Å². The predicted octanol–water partition coefficient (Wildman–Crippen LogP) is 2.88. The quantitative estimate of drug-likeness (QED) is 0.807. The SMILES string of the molecule is NC(=O)c1cccc(Nc2ccc(Cl)cc2C(=O)O)c1. The van der Waals surface area contributed by atoms with E-state index in [1.54, 1.807) is 36.4 Å². The molecule has 4 N–H and O–H groups in total. The van der Waals surface area contributed by atoms with Gasteiger partial charge in [-0.1, -0.05) is 17.7 Å². The highest BCUT2D eigenvalue weighted by atomic mass is 35.5. The zero-order valence-electron chi connectivity index (χ0n) is 10.3. The fourth-order valence-electron chi connectivity index (χ4n) is 1.71. The summed E-state index contributed by atoms with van der Waals surface area (Å²) in [7, 11) is 0. The van der Waals surface area contributed by atoms with Crippen LogP contribution in [0.3, 0.4) is 0 Å². The summed E-state index contributed by atoms with van der Waals surface area (Å²) >= 11 is 5.78. The second kappa shape index (κ2) is 5.63. The number of carboxylic acid groups (broad SMARTS) is 1. The van der Waals surface area contributed by atoms with Crippen LogP contribution in [0.15, 0.2) is 42.5 Å². The minimum absolute atomic E-state index is 0.0435. The summed E-state index contributed by atoms with van der Waals surface area (Å²) in [4.78, 5) is 22.3. The molecule has 20 heavy (non-hydrogen) atoms. The van der Waals surface area contributed by atoms with Crippen molar-refractivity contribution in [3.8, 4) is 0 Å². The second-order valence-electron chi connectivity index (χ2n) is 4.07. The number of amides is 1. The molecule has 6 heteroatoms. The number of carbonyl (C=O) groups is 2. The monoisotopic (exact) mass is 290 g/mol. The number of rotatable bonds is 4. The molecule has 0 saturated heterocycles. The molecule has 0 saturated carbocycles. The highest BCUT2D eigenvalue weighted by molar-refractivity contribution is 6.31. The van der Waals surface area contributed by atoms with Crippen LogP contribution < -0.4 is 11.1 Å². The number of aromatic carboxylic acids is 1. The van der Waals surface area contributed by atoms with Crippen LogP contribution in [-0.2, 0) is 0 Å². The van der Waals surface area contributed by atoms with Crippen LogP contribution >= 0.6 is 11.6 Å². The van der Waals surface area contributed by atoms with Gasteiger partial charge in [-0.05, 0) is 36.4 Å². The summed E-state index contributed by atoms with van der Waals surface area (Å²) in [6.07, 6.45) is 0. The number of anilines is 2. The molecule has 0 aliphatic heterocycles. The van der Waals surface area contributed by atoms with Gasteiger partial charge in [0.1, 0.15) is 0 Å². The lowest BCUT2D eigenvalue weighted by Crippen LogP contribution is -2.11. The Morgan fingerprint density at radius 3 is 2.55 bits per heavy atom. The van der Waals surface area contributed by atoms with E-state index in [2.05, 4.69) is 5.32 Å². The van der Waals surface area contributed by atoms with Crippen molar-refractivity contribution in [1.29, 1.82) is 0 Å². The van der Waals surface area contributed by atoms with Crippen LogP contribution in [0.5, 0.6) is 0 Å². The van der Waals surface area contributed by atoms with Crippen LogP contribution in [-0.4, -0.2) is 17.0 Å². The average molecular weight is 291 g/mol. The zero-order valence-corrected chi connectivity index (χ0v) is 11.0. The first-order valence-electron chi connectivity index (χ1n) is 5.67. The van der Waals surface area contributed by atoms with Crippen LogP contribution in [0, 0.1) is 0 Å². The number of hydrogen-bond acceptors (Lipinski definition) is 3. The number of carboxylic acids is 1. The Morgan fingerprint density at radius 2 is 1.90 bits per heavy atom. The molecule has 2 aromatic carbocycles. The smallest absolute Gasteiger partial charge is 0.337 e. The maximum atomic E-state index is 11.2. The third kappa shape index (κ3) is 3.07. The molecular weight excluding hydrogens is 280 g/mol. The molecule has 1 amide bonds. The summed E-state index contributed by atoms with van der Waals surface area (Å²) in [5.74, 6) is -1.65. The van der Waals surface area contributed by atoms with E-state index in [0.29, 0.717) is 22.0 Å². The predicted molar refractivity (Wildman–Crippen MR) is 76.7 cm³/mol. The molecular formula is C14H11ClN2O3. The van der Waals surface area contributed by atoms with Crippen LogP contribution in [0.4, 0.5) is 11.4 Å². The summed E-state index contributed by atoms with van der Waals surface area (Å²) in [6, 6.07) is 11.0. The van der Waals surface area contributed by atoms with Gasteiger partial charge in [-0.15, -0.1) is 0 Å². The third-order valence-corrected chi connectivity index (χ3v) is 2.87. The zero-order chi connectivity index (χ0) is 14.7. The maximum Gasteiger partial charge on any atom is 0.337 e. The fourth-order valence-corrected chi connectivity index (χ4v) is 1.88. The molecule has 0 unspecified atom stereocenters. The lowest BCUT2D eigenvalue weighted by molar-refractivity contribution is 0.0697. The molecule has 5 nitrogen and oxygen atoms in total.